The molecular formula is C18H16N4O3. The number of carbonyl (C=O) groups is 1. The van der Waals surface area contributed by atoms with Crippen LogP contribution in [-0.2, 0) is 0 Å². The van der Waals surface area contributed by atoms with Gasteiger partial charge in [-0.25, -0.2) is 9.97 Å². The van der Waals surface area contributed by atoms with Crippen LogP contribution in [0.25, 0.3) is 5.82 Å². The molecule has 0 unspecified atom stereocenters. The lowest BCUT2D eigenvalue weighted by Crippen LogP contribution is -2.40. The third kappa shape index (κ3) is 3.30. The molecule has 0 bridgehead atoms. The Kier molecular flexibility index (Phi) is 4.04. The molecule has 126 valence electrons. The van der Waals surface area contributed by atoms with Gasteiger partial charge in [0.15, 0.2) is 11.5 Å². The quantitative estimate of drug-likeness (QED) is 0.786. The number of nitrogens with one attached hydrogen (secondary N) is 1. The summed E-state index contributed by atoms with van der Waals surface area (Å²) < 4.78 is 13.2. The van der Waals surface area contributed by atoms with Crippen molar-refractivity contribution in [3.63, 3.8) is 0 Å². The second kappa shape index (κ2) is 6.64. The van der Waals surface area contributed by atoms with E-state index in [1.54, 1.807) is 35.4 Å². The number of carbonyl (C=O) groups excluding carboxylic acids is 1. The van der Waals surface area contributed by atoms with Crippen LogP contribution in [0.5, 0.6) is 11.5 Å². The average Bonchev–Trinajstić information content (AvgIpc) is 3.21. The van der Waals surface area contributed by atoms with Crippen LogP contribution in [0, 0.1) is 0 Å². The Morgan fingerprint density at radius 1 is 1.24 bits per heavy atom. The Labute approximate surface area is 144 Å². The third-order valence-corrected chi connectivity index (χ3v) is 3.84. The highest BCUT2D eigenvalue weighted by Crippen LogP contribution is 2.30. The number of aromatic nitrogens is 3. The number of fused-ring (bicyclic) bond motifs is 1. The number of ether oxygens (including phenoxy) is 2. The minimum absolute atomic E-state index is 0.202. The summed E-state index contributed by atoms with van der Waals surface area (Å²) in [5.74, 6) is 1.92. The van der Waals surface area contributed by atoms with Crippen molar-refractivity contribution in [3.8, 4) is 17.3 Å². The molecule has 25 heavy (non-hydrogen) atoms. The average molecular weight is 336 g/mol. The van der Waals surface area contributed by atoms with Gasteiger partial charge in [0.2, 0.25) is 0 Å². The van der Waals surface area contributed by atoms with Crippen LogP contribution >= 0.6 is 0 Å². The molecule has 1 aliphatic rings. The number of para-hydroxylation sites is 2. The maximum Gasteiger partial charge on any atom is 0.252 e. The first-order valence-electron chi connectivity index (χ1n) is 7.91. The van der Waals surface area contributed by atoms with Crippen LogP contribution in [0.2, 0.25) is 0 Å². The van der Waals surface area contributed by atoms with Gasteiger partial charge in [-0.2, -0.15) is 0 Å². The number of benzene rings is 1. The van der Waals surface area contributed by atoms with E-state index in [0.29, 0.717) is 30.3 Å². The molecule has 1 amide bonds. The van der Waals surface area contributed by atoms with Crippen molar-refractivity contribution < 1.29 is 14.3 Å². The van der Waals surface area contributed by atoms with E-state index in [9.17, 15) is 4.79 Å². The molecule has 0 radical (unpaired) electrons. The van der Waals surface area contributed by atoms with Gasteiger partial charge in [-0.15, -0.1) is 0 Å². The van der Waals surface area contributed by atoms with Crippen LogP contribution in [0.15, 0.2) is 61.3 Å². The molecule has 0 spiro atoms. The summed E-state index contributed by atoms with van der Waals surface area (Å²) in [6, 6.07) is 11.0. The lowest BCUT2D eigenvalue weighted by Gasteiger charge is -2.26. The van der Waals surface area contributed by atoms with E-state index < -0.39 is 0 Å². The minimum Gasteiger partial charge on any atom is -0.486 e. The Morgan fingerprint density at radius 3 is 2.88 bits per heavy atom. The summed E-state index contributed by atoms with van der Waals surface area (Å²) in [6.45, 7) is 0.756. The fourth-order valence-electron chi connectivity index (χ4n) is 2.54. The van der Waals surface area contributed by atoms with Crippen LogP contribution in [0.4, 0.5) is 0 Å². The molecular weight excluding hydrogens is 320 g/mol. The number of imidazole rings is 1. The molecule has 0 aliphatic carbocycles. The number of amides is 1. The summed E-state index contributed by atoms with van der Waals surface area (Å²) >= 11 is 0. The van der Waals surface area contributed by atoms with Gasteiger partial charge in [-0.1, -0.05) is 12.1 Å². The summed E-state index contributed by atoms with van der Waals surface area (Å²) in [6.07, 6.45) is 6.43. The highest BCUT2D eigenvalue weighted by atomic mass is 16.6. The fourth-order valence-corrected chi connectivity index (χ4v) is 2.54. The number of nitrogens with zero attached hydrogens (tertiary/aromatic N) is 3. The highest BCUT2D eigenvalue weighted by Gasteiger charge is 2.21. The fraction of sp³-hybridized carbons (Fsp3) is 0.167. The first-order valence-corrected chi connectivity index (χ1v) is 7.91. The molecule has 7 nitrogen and oxygen atoms in total. The molecule has 3 heterocycles. The van der Waals surface area contributed by atoms with E-state index in [0.717, 1.165) is 5.75 Å². The summed E-state index contributed by atoms with van der Waals surface area (Å²) in [7, 11) is 0. The Bertz CT molecular complexity index is 862. The largest absolute Gasteiger partial charge is 0.486 e. The van der Waals surface area contributed by atoms with Crippen molar-refractivity contribution >= 4 is 5.91 Å². The van der Waals surface area contributed by atoms with Crippen molar-refractivity contribution in [2.75, 3.05) is 13.2 Å². The van der Waals surface area contributed by atoms with Crippen LogP contribution in [-0.4, -0.2) is 39.7 Å². The SMILES string of the molecule is O=C(NC[C@@H]1COc2ccccc2O1)c1ccc(-n2ccnc2)nc1. The topological polar surface area (TPSA) is 78.3 Å². The van der Waals surface area contributed by atoms with Gasteiger partial charge in [-0.3, -0.25) is 9.36 Å². The van der Waals surface area contributed by atoms with E-state index in [-0.39, 0.29) is 12.0 Å². The molecule has 1 atom stereocenters. The normalized spacial score (nSPS) is 15.6. The van der Waals surface area contributed by atoms with Gasteiger partial charge in [0, 0.05) is 18.6 Å². The molecule has 7 heteroatoms. The second-order valence-corrected chi connectivity index (χ2v) is 5.58. The van der Waals surface area contributed by atoms with E-state index in [2.05, 4.69) is 15.3 Å². The second-order valence-electron chi connectivity index (χ2n) is 5.58. The van der Waals surface area contributed by atoms with E-state index >= 15 is 0 Å². The van der Waals surface area contributed by atoms with Gasteiger partial charge in [0.1, 0.15) is 24.9 Å². The van der Waals surface area contributed by atoms with Gasteiger partial charge >= 0.3 is 0 Å². The number of pyridine rings is 1. The lowest BCUT2D eigenvalue weighted by molar-refractivity contribution is 0.0789. The molecule has 4 rings (SSSR count). The Morgan fingerprint density at radius 2 is 2.12 bits per heavy atom. The standard InChI is InChI=1S/C18H16N4O3/c23-18(13-5-6-17(20-9-13)22-8-7-19-12-22)21-10-14-11-24-15-3-1-2-4-16(15)25-14/h1-9,12,14H,10-11H2,(H,21,23)/t14-/m1/s1. The lowest BCUT2D eigenvalue weighted by atomic mass is 10.2. The monoisotopic (exact) mass is 336 g/mol. The third-order valence-electron chi connectivity index (χ3n) is 3.84. The zero-order valence-electron chi connectivity index (χ0n) is 13.3. The summed E-state index contributed by atoms with van der Waals surface area (Å²) in [4.78, 5) is 20.5. The van der Waals surface area contributed by atoms with Gasteiger partial charge in [0.25, 0.3) is 5.91 Å². The maximum atomic E-state index is 12.3. The zero-order valence-corrected chi connectivity index (χ0v) is 13.3. The van der Waals surface area contributed by atoms with Crippen molar-refractivity contribution in [1.29, 1.82) is 0 Å². The predicted molar refractivity (Wildman–Crippen MR) is 90.0 cm³/mol. The number of hydrogen-bond acceptors (Lipinski definition) is 5. The molecule has 1 N–H and O–H groups in total. The van der Waals surface area contributed by atoms with Gasteiger partial charge < -0.3 is 14.8 Å². The van der Waals surface area contributed by atoms with E-state index in [1.165, 1.54) is 6.20 Å². The van der Waals surface area contributed by atoms with Crippen molar-refractivity contribution in [2.45, 2.75) is 6.10 Å². The van der Waals surface area contributed by atoms with Crippen molar-refractivity contribution in [3.05, 3.63) is 66.9 Å². The highest BCUT2D eigenvalue weighted by molar-refractivity contribution is 5.93. The molecule has 1 aromatic carbocycles. The van der Waals surface area contributed by atoms with Gasteiger partial charge in [0.05, 0.1) is 12.1 Å². The molecule has 0 fully saturated rings. The van der Waals surface area contributed by atoms with E-state index in [4.69, 9.17) is 9.47 Å². The van der Waals surface area contributed by atoms with Crippen LogP contribution in [0.1, 0.15) is 10.4 Å². The maximum absolute atomic E-state index is 12.3. The molecule has 2 aromatic heterocycles. The molecule has 3 aromatic rings. The first-order chi connectivity index (χ1) is 12.3. The molecule has 1 aliphatic heterocycles. The van der Waals surface area contributed by atoms with Gasteiger partial charge in [-0.05, 0) is 24.3 Å². The van der Waals surface area contributed by atoms with E-state index in [1.807, 2.05) is 24.3 Å². The minimum atomic E-state index is -0.225. The van der Waals surface area contributed by atoms with Crippen molar-refractivity contribution in [1.82, 2.24) is 19.9 Å². The zero-order chi connectivity index (χ0) is 17.1. The Hall–Kier alpha value is -3.35. The van der Waals surface area contributed by atoms with Crippen LogP contribution in [0.3, 0.4) is 0 Å². The summed E-state index contributed by atoms with van der Waals surface area (Å²) in [5.41, 5.74) is 0.487. The molecule has 0 saturated carbocycles. The predicted octanol–water partition coefficient (Wildman–Crippen LogP) is 1.84. The number of rotatable bonds is 4. The first kappa shape index (κ1) is 15.2. The van der Waals surface area contributed by atoms with Crippen molar-refractivity contribution in [2.24, 2.45) is 0 Å². The smallest absolute Gasteiger partial charge is 0.252 e. The number of hydrogen-bond donors (Lipinski definition) is 1. The van der Waals surface area contributed by atoms with Crippen LogP contribution < -0.4 is 14.8 Å². The molecule has 0 saturated heterocycles. The Balaban J connectivity index is 1.35. The summed E-state index contributed by atoms with van der Waals surface area (Å²) in [5, 5.41) is 2.85.